The lowest BCUT2D eigenvalue weighted by Gasteiger charge is -2.22. The van der Waals surface area contributed by atoms with Gasteiger partial charge in [0.25, 0.3) is 0 Å². The lowest BCUT2D eigenvalue weighted by molar-refractivity contribution is 0.432. The third-order valence-corrected chi connectivity index (χ3v) is 7.40. The summed E-state index contributed by atoms with van der Waals surface area (Å²) >= 11 is 0. The van der Waals surface area contributed by atoms with Crippen LogP contribution in [-0.4, -0.2) is 0 Å². The zero-order chi connectivity index (χ0) is 26.4. The van der Waals surface area contributed by atoms with Gasteiger partial charge in [-0.2, -0.15) is 0 Å². The molecule has 0 spiro atoms. The summed E-state index contributed by atoms with van der Waals surface area (Å²) < 4.78 is 59.6. The van der Waals surface area contributed by atoms with E-state index in [4.69, 9.17) is 0 Å². The Morgan fingerprint density at radius 2 is 1.38 bits per heavy atom. The highest BCUT2D eigenvalue weighted by Gasteiger charge is 2.21. The van der Waals surface area contributed by atoms with Crippen LogP contribution in [-0.2, 0) is 6.42 Å². The third-order valence-electron chi connectivity index (χ3n) is 7.40. The minimum absolute atomic E-state index is 0.141. The van der Waals surface area contributed by atoms with Gasteiger partial charge in [0, 0.05) is 16.7 Å². The maximum absolute atomic E-state index is 15.1. The second kappa shape index (κ2) is 12.4. The van der Waals surface area contributed by atoms with Crippen molar-refractivity contribution in [3.63, 3.8) is 0 Å². The SMILES string of the molecule is CC=CCCc1ccc(-c2ccc(-c3ccc(C4=CCC(CCCC)CC4)c(F)c3F)cc2)c(F)c1F. The van der Waals surface area contributed by atoms with Gasteiger partial charge in [-0.15, -0.1) is 0 Å². The molecule has 1 aliphatic rings. The van der Waals surface area contributed by atoms with E-state index in [9.17, 15) is 8.78 Å². The first-order chi connectivity index (χ1) is 17.9. The predicted octanol–water partition coefficient (Wildman–Crippen LogP) is 10.5. The quantitative estimate of drug-likeness (QED) is 0.200. The molecule has 1 atom stereocenters. The Hall–Kier alpha value is -3.14. The molecule has 37 heavy (non-hydrogen) atoms. The van der Waals surface area contributed by atoms with Crippen LogP contribution >= 0.6 is 0 Å². The van der Waals surface area contributed by atoms with Gasteiger partial charge in [0.1, 0.15) is 0 Å². The summed E-state index contributed by atoms with van der Waals surface area (Å²) in [5.41, 5.74) is 2.78. The maximum Gasteiger partial charge on any atom is 0.167 e. The Kier molecular flexibility index (Phi) is 9.02. The summed E-state index contributed by atoms with van der Waals surface area (Å²) in [5.74, 6) is -2.83. The molecule has 1 aliphatic carbocycles. The smallest absolute Gasteiger partial charge is 0.167 e. The number of allylic oxidation sites excluding steroid dienone is 4. The lowest BCUT2D eigenvalue weighted by atomic mass is 9.83. The van der Waals surface area contributed by atoms with E-state index in [1.165, 1.54) is 19.3 Å². The zero-order valence-corrected chi connectivity index (χ0v) is 21.6. The summed E-state index contributed by atoms with van der Waals surface area (Å²) in [6.45, 7) is 4.07. The minimum atomic E-state index is -0.898. The molecule has 0 radical (unpaired) electrons. The fourth-order valence-corrected chi connectivity index (χ4v) is 5.15. The van der Waals surface area contributed by atoms with Gasteiger partial charge >= 0.3 is 0 Å². The van der Waals surface area contributed by atoms with Crippen molar-refractivity contribution in [3.8, 4) is 22.3 Å². The zero-order valence-electron chi connectivity index (χ0n) is 21.6. The molecule has 0 nitrogen and oxygen atoms in total. The Morgan fingerprint density at radius 1 is 0.784 bits per heavy atom. The van der Waals surface area contributed by atoms with Gasteiger partial charge in [0.05, 0.1) is 0 Å². The Balaban J connectivity index is 1.54. The normalized spacial score (nSPS) is 15.8. The average molecular weight is 507 g/mol. The van der Waals surface area contributed by atoms with Crippen molar-refractivity contribution in [1.29, 1.82) is 0 Å². The molecule has 0 aromatic heterocycles. The molecule has 4 rings (SSSR count). The lowest BCUT2D eigenvalue weighted by Crippen LogP contribution is -2.07. The Labute approximate surface area is 217 Å². The van der Waals surface area contributed by atoms with Crippen molar-refractivity contribution in [1.82, 2.24) is 0 Å². The van der Waals surface area contributed by atoms with Crippen molar-refractivity contribution in [3.05, 3.63) is 101 Å². The molecule has 3 aromatic carbocycles. The molecule has 0 heterocycles. The fraction of sp³-hybridized carbons (Fsp3) is 0.333. The van der Waals surface area contributed by atoms with Gasteiger partial charge < -0.3 is 0 Å². The van der Waals surface area contributed by atoms with Gasteiger partial charge in [-0.25, -0.2) is 17.6 Å². The van der Waals surface area contributed by atoms with Gasteiger partial charge in [-0.05, 0) is 67.2 Å². The standard InChI is InChI=1S/C33H34F4/c1-3-5-7-9-26-18-19-27(31(35)30(26)34)24-14-16-25(17-15-24)29-21-20-28(32(36)33(29)37)23-12-10-22(11-13-23)8-6-4-2/h3,5,12,14-22H,4,6-11,13H2,1-2H3. The van der Waals surface area contributed by atoms with Crippen LogP contribution in [0.15, 0.2) is 66.8 Å². The van der Waals surface area contributed by atoms with Crippen LogP contribution in [0.5, 0.6) is 0 Å². The van der Waals surface area contributed by atoms with Crippen LogP contribution in [0, 0.1) is 29.2 Å². The molecular weight excluding hydrogens is 472 g/mol. The molecule has 0 N–H and O–H groups in total. The van der Waals surface area contributed by atoms with E-state index in [1.807, 2.05) is 19.1 Å². The predicted molar refractivity (Wildman–Crippen MR) is 145 cm³/mol. The largest absolute Gasteiger partial charge is 0.203 e. The maximum atomic E-state index is 15.1. The van der Waals surface area contributed by atoms with Crippen molar-refractivity contribution in [2.75, 3.05) is 0 Å². The van der Waals surface area contributed by atoms with E-state index < -0.39 is 23.3 Å². The molecule has 0 saturated heterocycles. The molecule has 0 aliphatic heterocycles. The van der Waals surface area contributed by atoms with Crippen LogP contribution in [0.1, 0.15) is 69.9 Å². The Bertz CT molecular complexity index is 1280. The van der Waals surface area contributed by atoms with Crippen LogP contribution in [0.25, 0.3) is 27.8 Å². The summed E-state index contributed by atoms with van der Waals surface area (Å²) in [7, 11) is 0. The monoisotopic (exact) mass is 506 g/mol. The molecule has 1 unspecified atom stereocenters. The summed E-state index contributed by atoms with van der Waals surface area (Å²) in [6.07, 6.45) is 13.1. The second-order valence-corrected chi connectivity index (χ2v) is 9.89. The van der Waals surface area contributed by atoms with Crippen LogP contribution in [0.3, 0.4) is 0 Å². The number of benzene rings is 3. The van der Waals surface area contributed by atoms with Crippen molar-refractivity contribution >= 4 is 5.57 Å². The molecule has 3 aromatic rings. The highest BCUT2D eigenvalue weighted by Crippen LogP contribution is 2.37. The molecule has 0 bridgehead atoms. The molecule has 4 heteroatoms. The topological polar surface area (TPSA) is 0 Å². The summed E-state index contributed by atoms with van der Waals surface area (Å²) in [6, 6.07) is 12.9. The highest BCUT2D eigenvalue weighted by atomic mass is 19.2. The van der Waals surface area contributed by atoms with Crippen LogP contribution in [0.2, 0.25) is 0 Å². The summed E-state index contributed by atoms with van der Waals surface area (Å²) in [5, 5.41) is 0. The van der Waals surface area contributed by atoms with E-state index in [1.54, 1.807) is 48.5 Å². The van der Waals surface area contributed by atoms with E-state index in [0.29, 0.717) is 41.0 Å². The van der Waals surface area contributed by atoms with Gasteiger partial charge in [-0.3, -0.25) is 0 Å². The minimum Gasteiger partial charge on any atom is -0.203 e. The van der Waals surface area contributed by atoms with E-state index in [2.05, 4.69) is 13.0 Å². The number of hydrogen-bond acceptors (Lipinski definition) is 0. The number of rotatable bonds is 9. The molecule has 0 saturated carbocycles. The fourth-order valence-electron chi connectivity index (χ4n) is 5.15. The van der Waals surface area contributed by atoms with Crippen molar-refractivity contribution in [2.24, 2.45) is 5.92 Å². The van der Waals surface area contributed by atoms with Gasteiger partial charge in [0.15, 0.2) is 23.3 Å². The van der Waals surface area contributed by atoms with Crippen LogP contribution < -0.4 is 0 Å². The van der Waals surface area contributed by atoms with E-state index in [-0.39, 0.29) is 11.1 Å². The summed E-state index contributed by atoms with van der Waals surface area (Å²) in [4.78, 5) is 0. The first-order valence-electron chi connectivity index (χ1n) is 13.3. The molecule has 194 valence electrons. The van der Waals surface area contributed by atoms with E-state index in [0.717, 1.165) is 24.8 Å². The Morgan fingerprint density at radius 3 is 1.97 bits per heavy atom. The molecular formula is C33H34F4. The number of halogens is 4. The third kappa shape index (κ3) is 6.06. The molecule has 0 amide bonds. The molecule has 0 fully saturated rings. The second-order valence-electron chi connectivity index (χ2n) is 9.89. The first-order valence-corrected chi connectivity index (χ1v) is 13.3. The van der Waals surface area contributed by atoms with Gasteiger partial charge in [0.2, 0.25) is 0 Å². The number of aryl methyl sites for hydroxylation is 1. The number of hydrogen-bond donors (Lipinski definition) is 0. The van der Waals surface area contributed by atoms with E-state index >= 15 is 8.78 Å². The van der Waals surface area contributed by atoms with Crippen LogP contribution in [0.4, 0.5) is 17.6 Å². The first kappa shape index (κ1) is 26.9. The average Bonchev–Trinajstić information content (AvgIpc) is 2.92. The van der Waals surface area contributed by atoms with Gasteiger partial charge in [-0.1, -0.05) is 92.9 Å². The van der Waals surface area contributed by atoms with Crippen molar-refractivity contribution < 1.29 is 17.6 Å². The number of unbranched alkanes of at least 4 members (excludes halogenated alkanes) is 1. The van der Waals surface area contributed by atoms with Crippen molar-refractivity contribution in [2.45, 2.75) is 65.2 Å². The highest BCUT2D eigenvalue weighted by molar-refractivity contribution is 5.74.